The van der Waals surface area contributed by atoms with Gasteiger partial charge in [-0.3, -0.25) is 0 Å². The standard InChI is InChI=1S/C39H28F6O2S2/c1-19-27-17-46-29-15-13-23-9-5-7-11-25(23)31(29)32-26-12-8-6-10-24(26)14-16-30(32)47-18-28-20(2)36(49-22(28)4)34-33(35(19)48-21(27)3)37(40,41)39(44,45)38(34,42)43/h5-16H,17-18H2,1-4H3. The van der Waals surface area contributed by atoms with E-state index in [0.29, 0.717) is 32.4 Å². The summed E-state index contributed by atoms with van der Waals surface area (Å²) in [5.74, 6) is -14.9. The summed E-state index contributed by atoms with van der Waals surface area (Å²) in [7, 11) is 0. The summed E-state index contributed by atoms with van der Waals surface area (Å²) in [6, 6.07) is 23.3. The molecule has 8 rings (SSSR count). The Kier molecular flexibility index (Phi) is 7.08. The van der Waals surface area contributed by atoms with Gasteiger partial charge in [0.2, 0.25) is 0 Å². The number of aryl methyl sites for hydroxylation is 2. The minimum Gasteiger partial charge on any atom is -0.488 e. The molecule has 6 aromatic rings. The maximum absolute atomic E-state index is 15.8. The van der Waals surface area contributed by atoms with Crippen molar-refractivity contribution in [2.75, 3.05) is 0 Å². The number of benzene rings is 4. The van der Waals surface area contributed by atoms with Gasteiger partial charge in [0.1, 0.15) is 24.7 Å². The van der Waals surface area contributed by atoms with Crippen LogP contribution in [-0.4, -0.2) is 17.8 Å². The van der Waals surface area contributed by atoms with E-state index in [1.165, 1.54) is 13.8 Å². The van der Waals surface area contributed by atoms with E-state index < -0.39 is 28.9 Å². The summed E-state index contributed by atoms with van der Waals surface area (Å²) < 4.78 is 107. The second-order valence-corrected chi connectivity index (χ2v) is 15.0. The number of ether oxygens (including phenoxy) is 2. The van der Waals surface area contributed by atoms with Crippen LogP contribution in [0, 0.1) is 27.7 Å². The van der Waals surface area contributed by atoms with Crippen LogP contribution in [0.25, 0.3) is 43.8 Å². The number of allylic oxidation sites excluding steroid dienone is 2. The maximum atomic E-state index is 15.8. The first kappa shape index (κ1) is 32.0. The molecule has 0 saturated carbocycles. The number of halogens is 6. The van der Waals surface area contributed by atoms with Crippen LogP contribution in [0.2, 0.25) is 0 Å². The van der Waals surface area contributed by atoms with Gasteiger partial charge in [-0.2, -0.15) is 26.3 Å². The summed E-state index contributed by atoms with van der Waals surface area (Å²) >= 11 is 1.62. The van der Waals surface area contributed by atoms with Crippen molar-refractivity contribution in [3.8, 4) is 22.6 Å². The van der Waals surface area contributed by atoms with Crippen LogP contribution in [-0.2, 0) is 13.2 Å². The Morgan fingerprint density at radius 3 is 1.33 bits per heavy atom. The van der Waals surface area contributed by atoms with Crippen LogP contribution in [0.4, 0.5) is 26.3 Å². The van der Waals surface area contributed by atoms with Crippen molar-refractivity contribution in [1.82, 2.24) is 0 Å². The maximum Gasteiger partial charge on any atom is 0.380 e. The Morgan fingerprint density at radius 1 is 0.531 bits per heavy atom. The predicted molar refractivity (Wildman–Crippen MR) is 185 cm³/mol. The summed E-state index contributed by atoms with van der Waals surface area (Å²) in [6.07, 6.45) is 0. The van der Waals surface area contributed by atoms with Crippen molar-refractivity contribution in [1.29, 1.82) is 0 Å². The third kappa shape index (κ3) is 4.39. The second-order valence-electron chi connectivity index (χ2n) is 12.6. The zero-order valence-electron chi connectivity index (χ0n) is 26.7. The van der Waals surface area contributed by atoms with Crippen molar-refractivity contribution in [3.63, 3.8) is 0 Å². The van der Waals surface area contributed by atoms with Gasteiger partial charge in [-0.15, -0.1) is 22.7 Å². The molecule has 4 bridgehead atoms. The summed E-state index contributed by atoms with van der Waals surface area (Å²) in [6.45, 7) is 6.12. The Hall–Kier alpha value is -4.28. The molecule has 49 heavy (non-hydrogen) atoms. The lowest BCUT2D eigenvalue weighted by Crippen LogP contribution is -2.48. The third-order valence-corrected chi connectivity index (χ3v) is 12.4. The number of rotatable bonds is 0. The molecule has 0 fully saturated rings. The quantitative estimate of drug-likeness (QED) is 0.146. The molecule has 250 valence electrons. The molecule has 0 radical (unpaired) electrons. The molecule has 2 aliphatic rings. The van der Waals surface area contributed by atoms with Crippen molar-refractivity contribution < 1.29 is 35.8 Å². The normalized spacial score (nSPS) is 17.8. The van der Waals surface area contributed by atoms with E-state index in [0.717, 1.165) is 55.3 Å². The van der Waals surface area contributed by atoms with Crippen molar-refractivity contribution in [2.24, 2.45) is 0 Å². The van der Waals surface area contributed by atoms with E-state index in [1.807, 2.05) is 72.8 Å². The van der Waals surface area contributed by atoms with Crippen LogP contribution in [0.3, 0.4) is 0 Å². The third-order valence-electron chi connectivity index (χ3n) is 9.84. The molecular formula is C39H28F6O2S2. The Labute approximate surface area is 286 Å². The van der Waals surface area contributed by atoms with Gasteiger partial charge < -0.3 is 9.47 Å². The van der Waals surface area contributed by atoms with Crippen LogP contribution < -0.4 is 9.47 Å². The van der Waals surface area contributed by atoms with E-state index in [4.69, 9.17) is 9.47 Å². The molecular weight excluding hydrogens is 679 g/mol. The van der Waals surface area contributed by atoms with Gasteiger partial charge in [-0.25, -0.2) is 0 Å². The van der Waals surface area contributed by atoms with Gasteiger partial charge in [-0.1, -0.05) is 60.7 Å². The molecule has 4 aromatic carbocycles. The SMILES string of the molecule is Cc1sc2c(C)c1COc1ccc3ccccc3c1-c1c(ccc3ccccc13)OCc1c(C)sc(c1C)C1=C2C(F)(F)C(F)(F)C1(F)F. The lowest BCUT2D eigenvalue weighted by Gasteiger charge is -2.25. The van der Waals surface area contributed by atoms with Gasteiger partial charge in [0.25, 0.3) is 0 Å². The molecule has 0 atom stereocenters. The molecule has 2 nitrogen and oxygen atoms in total. The van der Waals surface area contributed by atoms with Crippen LogP contribution >= 0.6 is 22.7 Å². The monoisotopic (exact) mass is 706 g/mol. The van der Waals surface area contributed by atoms with E-state index >= 15 is 26.3 Å². The minimum atomic E-state index is -5.64. The highest BCUT2D eigenvalue weighted by Gasteiger charge is 2.80. The molecule has 0 unspecified atom stereocenters. The molecule has 3 heterocycles. The number of hydrogen-bond acceptors (Lipinski definition) is 4. The molecule has 0 N–H and O–H groups in total. The van der Waals surface area contributed by atoms with E-state index in [-0.39, 0.29) is 34.1 Å². The highest BCUT2D eigenvalue weighted by Crippen LogP contribution is 2.66. The van der Waals surface area contributed by atoms with Crippen LogP contribution in [0.15, 0.2) is 72.8 Å². The molecule has 10 heteroatoms. The number of hydrogen-bond donors (Lipinski definition) is 0. The van der Waals surface area contributed by atoms with Gasteiger partial charge in [0.15, 0.2) is 0 Å². The largest absolute Gasteiger partial charge is 0.488 e. The Morgan fingerprint density at radius 2 is 0.918 bits per heavy atom. The first-order chi connectivity index (χ1) is 23.3. The van der Waals surface area contributed by atoms with Crippen molar-refractivity contribution >= 4 is 55.4 Å². The minimum absolute atomic E-state index is 0.108. The molecule has 1 aliphatic heterocycles. The van der Waals surface area contributed by atoms with Crippen molar-refractivity contribution in [3.05, 3.63) is 115 Å². The number of alkyl halides is 6. The number of fused-ring (bicyclic) bond motifs is 13. The van der Waals surface area contributed by atoms with Crippen LogP contribution in [0.1, 0.15) is 41.8 Å². The highest BCUT2D eigenvalue weighted by molar-refractivity contribution is 7.14. The first-order valence-electron chi connectivity index (χ1n) is 15.6. The Balaban J connectivity index is 1.46. The average Bonchev–Trinajstić information content (AvgIpc) is 3.54. The Bertz CT molecular complexity index is 2220. The lowest BCUT2D eigenvalue weighted by atomic mass is 9.92. The fourth-order valence-corrected chi connectivity index (χ4v) is 9.68. The summed E-state index contributed by atoms with van der Waals surface area (Å²) in [5.41, 5.74) is 0.250. The zero-order chi connectivity index (χ0) is 34.6. The molecule has 0 spiro atoms. The zero-order valence-corrected chi connectivity index (χ0v) is 28.4. The van der Waals surface area contributed by atoms with Crippen LogP contribution in [0.5, 0.6) is 11.5 Å². The predicted octanol–water partition coefficient (Wildman–Crippen LogP) is 12.3. The average molecular weight is 707 g/mol. The van der Waals surface area contributed by atoms with Gasteiger partial charge in [0.05, 0.1) is 11.1 Å². The summed E-state index contributed by atoms with van der Waals surface area (Å²) in [5, 5.41) is 3.72. The van der Waals surface area contributed by atoms with Crippen molar-refractivity contribution in [2.45, 2.75) is 58.7 Å². The topological polar surface area (TPSA) is 18.5 Å². The van der Waals surface area contributed by atoms with Gasteiger partial charge >= 0.3 is 17.8 Å². The fraction of sp³-hybridized carbons (Fsp3) is 0.231. The smallest absolute Gasteiger partial charge is 0.380 e. The highest BCUT2D eigenvalue weighted by atomic mass is 32.1. The molecule has 2 aromatic heterocycles. The number of thiophene rings is 2. The van der Waals surface area contributed by atoms with E-state index in [9.17, 15) is 0 Å². The molecule has 1 aliphatic carbocycles. The van der Waals surface area contributed by atoms with Gasteiger partial charge in [0, 0.05) is 41.8 Å². The van der Waals surface area contributed by atoms with E-state index in [2.05, 4.69) is 0 Å². The molecule has 0 amide bonds. The first-order valence-corrected chi connectivity index (χ1v) is 17.3. The second kappa shape index (κ2) is 10.9. The summed E-state index contributed by atoms with van der Waals surface area (Å²) in [4.78, 5) is 0.431. The van der Waals surface area contributed by atoms with Gasteiger partial charge in [-0.05, 0) is 72.5 Å². The fourth-order valence-electron chi connectivity index (χ4n) is 7.18. The molecule has 0 saturated heterocycles. The lowest BCUT2D eigenvalue weighted by molar-refractivity contribution is -0.254. The van der Waals surface area contributed by atoms with E-state index in [1.54, 1.807) is 13.8 Å².